The predicted octanol–water partition coefficient (Wildman–Crippen LogP) is 4.37. The van der Waals surface area contributed by atoms with E-state index >= 15 is 0 Å². The van der Waals surface area contributed by atoms with Crippen LogP contribution in [-0.4, -0.2) is 12.5 Å². The molecule has 5 nitrogen and oxygen atoms in total. The van der Waals surface area contributed by atoms with Gasteiger partial charge in [0, 0.05) is 11.8 Å². The zero-order chi connectivity index (χ0) is 18.2. The number of rotatable bonds is 6. The van der Waals surface area contributed by atoms with Gasteiger partial charge in [-0.2, -0.15) is 5.26 Å². The maximum atomic E-state index is 12.0. The van der Waals surface area contributed by atoms with Gasteiger partial charge in [0.2, 0.25) is 0 Å². The molecule has 0 heterocycles. The second-order valence-corrected chi connectivity index (χ2v) is 5.42. The number of nitriles is 1. The lowest BCUT2D eigenvalue weighted by Crippen LogP contribution is -2.20. The molecule has 0 fully saturated rings. The van der Waals surface area contributed by atoms with E-state index in [1.54, 1.807) is 42.5 Å². The van der Waals surface area contributed by atoms with Gasteiger partial charge in [-0.25, -0.2) is 0 Å². The molecule has 3 aromatic carbocycles. The fourth-order valence-corrected chi connectivity index (χ4v) is 2.23. The third-order valence-corrected chi connectivity index (χ3v) is 3.45. The Balaban J connectivity index is 1.55. The summed E-state index contributed by atoms with van der Waals surface area (Å²) in [5.74, 6) is 1.59. The van der Waals surface area contributed by atoms with Crippen LogP contribution < -0.4 is 14.8 Å². The monoisotopic (exact) mass is 344 g/mol. The maximum absolute atomic E-state index is 12.0. The molecule has 0 atom stereocenters. The van der Waals surface area contributed by atoms with E-state index in [1.165, 1.54) is 0 Å². The number of benzene rings is 3. The van der Waals surface area contributed by atoms with Crippen molar-refractivity contribution in [1.29, 1.82) is 5.26 Å². The van der Waals surface area contributed by atoms with E-state index < -0.39 is 0 Å². The zero-order valence-corrected chi connectivity index (χ0v) is 13.9. The number of carbonyl (C=O) groups is 1. The van der Waals surface area contributed by atoms with Gasteiger partial charge in [0.25, 0.3) is 5.91 Å². The molecule has 1 amide bonds. The topological polar surface area (TPSA) is 71.3 Å². The van der Waals surface area contributed by atoms with Crippen LogP contribution >= 0.6 is 0 Å². The summed E-state index contributed by atoms with van der Waals surface area (Å²) in [4.78, 5) is 12.0. The molecule has 0 aliphatic rings. The lowest BCUT2D eigenvalue weighted by atomic mass is 10.2. The molecule has 0 radical (unpaired) electrons. The minimum absolute atomic E-state index is 0.129. The minimum atomic E-state index is -0.286. The second-order valence-electron chi connectivity index (χ2n) is 5.42. The molecule has 128 valence electrons. The third kappa shape index (κ3) is 4.86. The molecular formula is C21H16N2O3. The van der Waals surface area contributed by atoms with Crippen LogP contribution in [0.1, 0.15) is 5.56 Å². The molecule has 0 aliphatic carbocycles. The third-order valence-electron chi connectivity index (χ3n) is 3.45. The fourth-order valence-electron chi connectivity index (χ4n) is 2.23. The van der Waals surface area contributed by atoms with Crippen LogP contribution in [-0.2, 0) is 4.79 Å². The summed E-state index contributed by atoms with van der Waals surface area (Å²) in [6.45, 7) is -0.129. The Morgan fingerprint density at radius 2 is 1.62 bits per heavy atom. The minimum Gasteiger partial charge on any atom is -0.484 e. The van der Waals surface area contributed by atoms with Crippen molar-refractivity contribution < 1.29 is 14.3 Å². The Hall–Kier alpha value is -3.78. The summed E-state index contributed by atoms with van der Waals surface area (Å²) in [5, 5.41) is 11.5. The van der Waals surface area contributed by atoms with Crippen LogP contribution in [0.2, 0.25) is 0 Å². The summed E-state index contributed by atoms with van der Waals surface area (Å²) in [7, 11) is 0. The van der Waals surface area contributed by atoms with Crippen molar-refractivity contribution in [2.75, 3.05) is 11.9 Å². The van der Waals surface area contributed by atoms with Crippen LogP contribution in [0.5, 0.6) is 17.2 Å². The van der Waals surface area contributed by atoms with Gasteiger partial charge in [0.15, 0.2) is 6.61 Å². The molecule has 0 saturated heterocycles. The summed E-state index contributed by atoms with van der Waals surface area (Å²) >= 11 is 0. The number of nitrogens with one attached hydrogen (secondary N) is 1. The Labute approximate surface area is 151 Å². The molecule has 1 N–H and O–H groups in total. The summed E-state index contributed by atoms with van der Waals surface area (Å²) in [6.07, 6.45) is 0. The first-order valence-electron chi connectivity index (χ1n) is 7.99. The predicted molar refractivity (Wildman–Crippen MR) is 98.2 cm³/mol. The molecule has 3 rings (SSSR count). The van der Waals surface area contributed by atoms with Crippen LogP contribution in [0.15, 0.2) is 78.9 Å². The standard InChI is InChI=1S/C21H16N2O3/c22-14-16-9-11-18(12-10-16)25-15-21(24)23-17-5-4-8-20(13-17)26-19-6-2-1-3-7-19/h1-13H,15H2,(H,23,24). The molecule has 0 spiro atoms. The Morgan fingerprint density at radius 1 is 0.885 bits per heavy atom. The van der Waals surface area contributed by atoms with Gasteiger partial charge in [-0.3, -0.25) is 4.79 Å². The Bertz CT molecular complexity index is 916. The van der Waals surface area contributed by atoms with Crippen molar-refractivity contribution in [2.45, 2.75) is 0 Å². The normalized spacial score (nSPS) is 9.81. The molecule has 0 bridgehead atoms. The van der Waals surface area contributed by atoms with Crippen molar-refractivity contribution in [3.05, 3.63) is 84.4 Å². The van der Waals surface area contributed by atoms with E-state index in [9.17, 15) is 4.79 Å². The van der Waals surface area contributed by atoms with E-state index in [1.807, 2.05) is 42.5 Å². The van der Waals surface area contributed by atoms with E-state index in [0.29, 0.717) is 22.7 Å². The van der Waals surface area contributed by atoms with Crippen molar-refractivity contribution in [3.8, 4) is 23.3 Å². The number of hydrogen-bond acceptors (Lipinski definition) is 4. The van der Waals surface area contributed by atoms with Gasteiger partial charge in [0.1, 0.15) is 17.2 Å². The average Bonchev–Trinajstić information content (AvgIpc) is 2.68. The van der Waals surface area contributed by atoms with Crippen LogP contribution in [0, 0.1) is 11.3 Å². The summed E-state index contributed by atoms with van der Waals surface area (Å²) < 4.78 is 11.2. The van der Waals surface area contributed by atoms with Gasteiger partial charge in [0.05, 0.1) is 11.6 Å². The lowest BCUT2D eigenvalue weighted by molar-refractivity contribution is -0.118. The smallest absolute Gasteiger partial charge is 0.262 e. The molecule has 0 aliphatic heterocycles. The van der Waals surface area contributed by atoms with Gasteiger partial charge < -0.3 is 14.8 Å². The summed E-state index contributed by atoms with van der Waals surface area (Å²) in [5.41, 5.74) is 1.16. The number of para-hydroxylation sites is 1. The van der Waals surface area contributed by atoms with Gasteiger partial charge >= 0.3 is 0 Å². The van der Waals surface area contributed by atoms with E-state index in [0.717, 1.165) is 5.75 Å². The summed E-state index contributed by atoms with van der Waals surface area (Å²) in [6, 6.07) is 25.2. The highest BCUT2D eigenvalue weighted by atomic mass is 16.5. The Morgan fingerprint density at radius 3 is 2.35 bits per heavy atom. The number of amides is 1. The Kier molecular flexibility index (Phi) is 5.48. The zero-order valence-electron chi connectivity index (χ0n) is 13.9. The highest BCUT2D eigenvalue weighted by Gasteiger charge is 2.05. The quantitative estimate of drug-likeness (QED) is 0.721. The highest BCUT2D eigenvalue weighted by Crippen LogP contribution is 2.23. The highest BCUT2D eigenvalue weighted by molar-refractivity contribution is 5.92. The molecule has 26 heavy (non-hydrogen) atoms. The molecule has 0 saturated carbocycles. The average molecular weight is 344 g/mol. The van der Waals surface area contributed by atoms with Crippen LogP contribution in [0.3, 0.4) is 0 Å². The van der Waals surface area contributed by atoms with Gasteiger partial charge in [-0.1, -0.05) is 24.3 Å². The first kappa shape index (κ1) is 17.1. The number of nitrogens with zero attached hydrogens (tertiary/aromatic N) is 1. The van der Waals surface area contributed by atoms with Crippen molar-refractivity contribution >= 4 is 11.6 Å². The van der Waals surface area contributed by atoms with Crippen molar-refractivity contribution in [3.63, 3.8) is 0 Å². The molecule has 0 aromatic heterocycles. The van der Waals surface area contributed by atoms with E-state index in [2.05, 4.69) is 5.32 Å². The second kappa shape index (κ2) is 8.36. The first-order valence-corrected chi connectivity index (χ1v) is 7.99. The molecule has 3 aromatic rings. The largest absolute Gasteiger partial charge is 0.484 e. The van der Waals surface area contributed by atoms with E-state index in [4.69, 9.17) is 14.7 Å². The number of hydrogen-bond donors (Lipinski definition) is 1. The molecule has 5 heteroatoms. The fraction of sp³-hybridized carbons (Fsp3) is 0.0476. The van der Waals surface area contributed by atoms with Crippen LogP contribution in [0.4, 0.5) is 5.69 Å². The van der Waals surface area contributed by atoms with Crippen LogP contribution in [0.25, 0.3) is 0 Å². The first-order chi connectivity index (χ1) is 12.7. The maximum Gasteiger partial charge on any atom is 0.262 e. The SMILES string of the molecule is N#Cc1ccc(OCC(=O)Nc2cccc(Oc3ccccc3)c2)cc1. The number of anilines is 1. The number of ether oxygens (including phenoxy) is 2. The van der Waals surface area contributed by atoms with Crippen molar-refractivity contribution in [1.82, 2.24) is 0 Å². The number of carbonyl (C=O) groups excluding carboxylic acids is 1. The van der Waals surface area contributed by atoms with E-state index in [-0.39, 0.29) is 12.5 Å². The molecular weight excluding hydrogens is 328 g/mol. The van der Waals surface area contributed by atoms with Gasteiger partial charge in [-0.05, 0) is 48.5 Å². The van der Waals surface area contributed by atoms with Crippen molar-refractivity contribution in [2.24, 2.45) is 0 Å². The van der Waals surface area contributed by atoms with Gasteiger partial charge in [-0.15, -0.1) is 0 Å². The molecule has 0 unspecified atom stereocenters. The lowest BCUT2D eigenvalue weighted by Gasteiger charge is -2.10.